The topological polar surface area (TPSA) is 84.7 Å². The summed E-state index contributed by atoms with van der Waals surface area (Å²) in [7, 11) is -3.55. The summed E-state index contributed by atoms with van der Waals surface area (Å²) in [5.74, 6) is 0.829. The number of amides is 1. The van der Waals surface area contributed by atoms with Crippen molar-refractivity contribution in [3.05, 3.63) is 48.5 Å². The van der Waals surface area contributed by atoms with Crippen LogP contribution in [0.25, 0.3) is 0 Å². The van der Waals surface area contributed by atoms with Crippen molar-refractivity contribution in [3.63, 3.8) is 0 Å². The number of fused-ring (bicyclic) bond motifs is 2. The molecule has 9 heteroatoms. The number of hydrogen-bond acceptors (Lipinski definition) is 5. The molecule has 8 nitrogen and oxygen atoms in total. The van der Waals surface area contributed by atoms with E-state index < -0.39 is 21.7 Å². The summed E-state index contributed by atoms with van der Waals surface area (Å²) in [5.41, 5.74) is -0.732. The number of nitrogens with zero attached hydrogens (tertiary/aromatic N) is 4. The summed E-state index contributed by atoms with van der Waals surface area (Å²) < 4.78 is 36.0. The van der Waals surface area contributed by atoms with Gasteiger partial charge in [-0.3, -0.25) is 4.79 Å². The minimum Gasteiger partial charge on any atom is -0.352 e. The van der Waals surface area contributed by atoms with Gasteiger partial charge in [0.05, 0.1) is 11.4 Å². The van der Waals surface area contributed by atoms with Crippen molar-refractivity contribution < 1.29 is 17.9 Å². The van der Waals surface area contributed by atoms with Crippen molar-refractivity contribution in [2.45, 2.75) is 48.8 Å². The predicted molar refractivity (Wildman–Crippen MR) is 109 cm³/mol. The average Bonchev–Trinajstić information content (AvgIpc) is 3.47. The van der Waals surface area contributed by atoms with E-state index in [1.807, 2.05) is 15.7 Å². The number of carbonyl (C=O) groups excluding carboxylic acids is 1. The minimum absolute atomic E-state index is 0.0329. The highest BCUT2D eigenvalue weighted by molar-refractivity contribution is 7.89. The van der Waals surface area contributed by atoms with E-state index >= 15 is 0 Å². The Balaban J connectivity index is 1.38. The van der Waals surface area contributed by atoms with Gasteiger partial charge in [-0.2, -0.15) is 4.31 Å². The van der Waals surface area contributed by atoms with E-state index in [0.717, 1.165) is 31.8 Å². The monoisotopic (exact) mass is 430 g/mol. The van der Waals surface area contributed by atoms with Gasteiger partial charge >= 0.3 is 0 Å². The average molecular weight is 431 g/mol. The van der Waals surface area contributed by atoms with Gasteiger partial charge in [0.25, 0.3) is 5.91 Å². The molecule has 30 heavy (non-hydrogen) atoms. The molecular weight excluding hydrogens is 404 g/mol. The first-order chi connectivity index (χ1) is 14.5. The molecule has 3 aliphatic heterocycles. The smallest absolute Gasteiger partial charge is 0.253 e. The zero-order valence-corrected chi connectivity index (χ0v) is 17.6. The summed E-state index contributed by atoms with van der Waals surface area (Å²) in [6.45, 7) is 2.68. The molecule has 1 atom stereocenters. The van der Waals surface area contributed by atoms with Crippen molar-refractivity contribution >= 4 is 15.9 Å². The Morgan fingerprint density at radius 3 is 2.47 bits per heavy atom. The van der Waals surface area contributed by atoms with Crippen LogP contribution in [0.5, 0.6) is 0 Å². The third-order valence-electron chi connectivity index (χ3n) is 6.46. The number of benzene rings is 1. The Hall–Kier alpha value is -2.23. The highest BCUT2D eigenvalue weighted by Gasteiger charge is 2.49. The van der Waals surface area contributed by atoms with E-state index in [4.69, 9.17) is 4.74 Å². The molecule has 2 aromatic rings. The maximum atomic E-state index is 13.0. The van der Waals surface area contributed by atoms with E-state index in [2.05, 4.69) is 4.98 Å². The van der Waals surface area contributed by atoms with Crippen LogP contribution in [-0.4, -0.2) is 65.4 Å². The lowest BCUT2D eigenvalue weighted by atomic mass is 9.89. The molecule has 0 saturated carbocycles. The number of hydrogen-bond donors (Lipinski definition) is 0. The zero-order chi connectivity index (χ0) is 20.8. The number of carbonyl (C=O) groups is 1. The molecule has 2 saturated heterocycles. The van der Waals surface area contributed by atoms with Gasteiger partial charge < -0.3 is 14.2 Å². The zero-order valence-electron chi connectivity index (χ0n) is 16.8. The Kier molecular flexibility index (Phi) is 4.91. The SMILES string of the molecule is O=C(C1Cn2ccnc2C2(CCN(S(=O)(=O)c3ccccc3)CC2)O1)N1CCCC1. The van der Waals surface area contributed by atoms with Crippen molar-refractivity contribution in [3.8, 4) is 0 Å². The lowest BCUT2D eigenvalue weighted by Crippen LogP contribution is -2.55. The molecule has 0 bridgehead atoms. The van der Waals surface area contributed by atoms with Gasteiger partial charge in [0.15, 0.2) is 6.10 Å². The third kappa shape index (κ3) is 3.25. The van der Waals surface area contributed by atoms with E-state index in [0.29, 0.717) is 37.4 Å². The third-order valence-corrected chi connectivity index (χ3v) is 8.37. The van der Waals surface area contributed by atoms with Crippen molar-refractivity contribution in [1.29, 1.82) is 0 Å². The maximum Gasteiger partial charge on any atom is 0.253 e. The fraction of sp³-hybridized carbons (Fsp3) is 0.524. The van der Waals surface area contributed by atoms with Crippen LogP contribution in [-0.2, 0) is 31.7 Å². The number of piperidine rings is 1. The first-order valence-corrected chi connectivity index (χ1v) is 12.0. The van der Waals surface area contributed by atoms with Crippen LogP contribution in [0.2, 0.25) is 0 Å². The van der Waals surface area contributed by atoms with Gasteiger partial charge in [-0.15, -0.1) is 0 Å². The van der Waals surface area contributed by atoms with Crippen molar-refractivity contribution in [1.82, 2.24) is 18.8 Å². The van der Waals surface area contributed by atoms with Gasteiger partial charge in [0, 0.05) is 38.6 Å². The molecule has 3 aliphatic rings. The van der Waals surface area contributed by atoms with Crippen LogP contribution in [0.1, 0.15) is 31.5 Å². The largest absolute Gasteiger partial charge is 0.352 e. The lowest BCUT2D eigenvalue weighted by Gasteiger charge is -2.45. The van der Waals surface area contributed by atoms with Gasteiger partial charge in [0.2, 0.25) is 10.0 Å². The Morgan fingerprint density at radius 1 is 1.07 bits per heavy atom. The first kappa shape index (κ1) is 19.7. The van der Waals surface area contributed by atoms with Crippen LogP contribution >= 0.6 is 0 Å². The van der Waals surface area contributed by atoms with Crippen LogP contribution < -0.4 is 0 Å². The van der Waals surface area contributed by atoms with Crippen LogP contribution in [0, 0.1) is 0 Å². The van der Waals surface area contributed by atoms with E-state index in [1.165, 1.54) is 4.31 Å². The van der Waals surface area contributed by atoms with Gasteiger partial charge in [-0.25, -0.2) is 13.4 Å². The lowest BCUT2D eigenvalue weighted by molar-refractivity contribution is -0.178. The van der Waals surface area contributed by atoms with E-state index in [-0.39, 0.29) is 5.91 Å². The Labute approximate surface area is 176 Å². The molecule has 1 aromatic heterocycles. The predicted octanol–water partition coefficient (Wildman–Crippen LogP) is 1.58. The van der Waals surface area contributed by atoms with Crippen LogP contribution in [0.3, 0.4) is 0 Å². The molecule has 5 rings (SSSR count). The molecule has 160 valence electrons. The van der Waals surface area contributed by atoms with Gasteiger partial charge in [-0.1, -0.05) is 18.2 Å². The number of likely N-dealkylation sites (tertiary alicyclic amines) is 1. The summed E-state index contributed by atoms with van der Waals surface area (Å²) in [5, 5.41) is 0. The summed E-state index contributed by atoms with van der Waals surface area (Å²) in [4.78, 5) is 19.7. The molecule has 0 N–H and O–H groups in total. The second-order valence-corrected chi connectivity index (χ2v) is 10.2. The van der Waals surface area contributed by atoms with Crippen molar-refractivity contribution in [2.24, 2.45) is 0 Å². The molecule has 1 amide bonds. The van der Waals surface area contributed by atoms with Gasteiger partial charge in [0.1, 0.15) is 11.4 Å². The number of aromatic nitrogens is 2. The molecule has 0 aliphatic carbocycles. The Bertz CT molecular complexity index is 1020. The van der Waals surface area contributed by atoms with Crippen molar-refractivity contribution in [2.75, 3.05) is 26.2 Å². The minimum atomic E-state index is -3.55. The number of sulfonamides is 1. The molecular formula is C21H26N4O4S. The number of rotatable bonds is 3. The highest BCUT2D eigenvalue weighted by atomic mass is 32.2. The molecule has 4 heterocycles. The summed E-state index contributed by atoms with van der Waals surface area (Å²) >= 11 is 0. The summed E-state index contributed by atoms with van der Waals surface area (Å²) in [6, 6.07) is 8.50. The van der Waals surface area contributed by atoms with Crippen LogP contribution in [0.4, 0.5) is 0 Å². The second kappa shape index (κ2) is 7.47. The highest BCUT2D eigenvalue weighted by Crippen LogP contribution is 2.41. The normalized spacial score (nSPS) is 24.1. The van der Waals surface area contributed by atoms with Crippen LogP contribution in [0.15, 0.2) is 47.6 Å². The summed E-state index contributed by atoms with van der Waals surface area (Å²) in [6.07, 6.45) is 6.08. The fourth-order valence-corrected chi connectivity index (χ4v) is 6.30. The van der Waals surface area contributed by atoms with Gasteiger partial charge in [-0.05, 0) is 37.8 Å². The molecule has 1 unspecified atom stereocenters. The maximum absolute atomic E-state index is 13.0. The second-order valence-electron chi connectivity index (χ2n) is 8.25. The Morgan fingerprint density at radius 2 is 1.77 bits per heavy atom. The van der Waals surface area contributed by atoms with E-state index in [1.54, 1.807) is 36.5 Å². The standard InChI is InChI=1S/C21H26N4O4S/c26-19(23-11-4-5-12-23)18-16-24-15-10-22-20(24)21(29-18)8-13-25(14-9-21)30(27,28)17-6-2-1-3-7-17/h1-3,6-7,10,15,18H,4-5,8-9,11-14,16H2. The molecule has 0 radical (unpaired) electrons. The molecule has 2 fully saturated rings. The fourth-order valence-electron chi connectivity index (χ4n) is 4.84. The number of imidazole rings is 1. The first-order valence-electron chi connectivity index (χ1n) is 10.5. The quantitative estimate of drug-likeness (QED) is 0.738. The van der Waals surface area contributed by atoms with E-state index in [9.17, 15) is 13.2 Å². The number of ether oxygens (including phenoxy) is 1. The molecule has 1 aromatic carbocycles. The molecule has 1 spiro atoms.